The van der Waals surface area contributed by atoms with E-state index in [-0.39, 0.29) is 12.1 Å². The molecule has 0 aliphatic carbocycles. The van der Waals surface area contributed by atoms with Crippen molar-refractivity contribution in [1.29, 1.82) is 0 Å². The third kappa shape index (κ3) is 2.41. The molecule has 0 atom stereocenters. The SMILES string of the molecule is Cn1c(SCCC(=O)O)nc2c1c(=O)[nH]c(=O)n2C. The quantitative estimate of drug-likeness (QED) is 0.734. The lowest BCUT2D eigenvalue weighted by Crippen LogP contribution is -2.29. The summed E-state index contributed by atoms with van der Waals surface area (Å²) in [5, 5.41) is 9.09. The van der Waals surface area contributed by atoms with Gasteiger partial charge in [0.15, 0.2) is 16.3 Å². The normalized spacial score (nSPS) is 11.1. The van der Waals surface area contributed by atoms with Crippen LogP contribution in [0.15, 0.2) is 14.7 Å². The summed E-state index contributed by atoms with van der Waals surface area (Å²) in [7, 11) is 3.16. The number of carbonyl (C=O) groups is 1. The van der Waals surface area contributed by atoms with Gasteiger partial charge in [-0.2, -0.15) is 0 Å². The summed E-state index contributed by atoms with van der Waals surface area (Å²) < 4.78 is 2.80. The Labute approximate surface area is 111 Å². The third-order valence-electron chi connectivity index (χ3n) is 2.64. The highest BCUT2D eigenvalue weighted by Gasteiger charge is 2.15. The number of H-pyrrole nitrogens is 1. The molecule has 0 aliphatic rings. The molecular formula is C10H12N4O4S. The molecule has 0 unspecified atom stereocenters. The molecule has 0 spiro atoms. The fraction of sp³-hybridized carbons (Fsp3) is 0.400. The molecule has 0 fully saturated rings. The van der Waals surface area contributed by atoms with Crippen LogP contribution in [0.25, 0.3) is 11.2 Å². The van der Waals surface area contributed by atoms with Gasteiger partial charge in [-0.25, -0.2) is 9.78 Å². The second-order valence-electron chi connectivity index (χ2n) is 3.94. The second-order valence-corrected chi connectivity index (χ2v) is 5.00. The Morgan fingerprint density at radius 1 is 1.37 bits per heavy atom. The minimum absolute atomic E-state index is 0.00313. The van der Waals surface area contributed by atoms with Crippen molar-refractivity contribution < 1.29 is 9.90 Å². The largest absolute Gasteiger partial charge is 0.481 e. The van der Waals surface area contributed by atoms with Crippen molar-refractivity contribution >= 4 is 28.9 Å². The van der Waals surface area contributed by atoms with Crippen molar-refractivity contribution in [3.05, 3.63) is 20.8 Å². The first kappa shape index (κ1) is 13.4. The van der Waals surface area contributed by atoms with Crippen molar-refractivity contribution in [3.63, 3.8) is 0 Å². The summed E-state index contributed by atoms with van der Waals surface area (Å²) in [6, 6.07) is 0. The number of nitrogens with one attached hydrogen (secondary N) is 1. The molecule has 102 valence electrons. The van der Waals surface area contributed by atoms with Gasteiger partial charge in [0, 0.05) is 19.8 Å². The van der Waals surface area contributed by atoms with Crippen LogP contribution in [-0.4, -0.2) is 35.9 Å². The van der Waals surface area contributed by atoms with Gasteiger partial charge in [0.25, 0.3) is 5.56 Å². The topological polar surface area (TPSA) is 110 Å². The number of nitrogens with zero attached hydrogens (tertiary/aromatic N) is 3. The standard InChI is InChI=1S/C10H12N4O4S/c1-13-6-7(14(2)9(18)12-8(6)17)11-10(13)19-4-3-5(15)16/h3-4H2,1-2H3,(H,15,16)(H,12,17,18). The zero-order chi connectivity index (χ0) is 14.2. The molecule has 2 N–H and O–H groups in total. The van der Waals surface area contributed by atoms with Gasteiger partial charge in [-0.3, -0.25) is 19.1 Å². The van der Waals surface area contributed by atoms with Gasteiger partial charge in [0.1, 0.15) is 0 Å². The number of hydrogen-bond donors (Lipinski definition) is 2. The van der Waals surface area contributed by atoms with Crippen LogP contribution >= 0.6 is 11.8 Å². The highest BCUT2D eigenvalue weighted by Crippen LogP contribution is 2.20. The van der Waals surface area contributed by atoms with E-state index in [0.717, 1.165) is 0 Å². The molecule has 8 nitrogen and oxygen atoms in total. The van der Waals surface area contributed by atoms with Crippen LogP contribution in [0.5, 0.6) is 0 Å². The van der Waals surface area contributed by atoms with E-state index in [4.69, 9.17) is 5.11 Å². The number of carboxylic acids is 1. The Balaban J connectivity index is 2.48. The molecule has 19 heavy (non-hydrogen) atoms. The fourth-order valence-corrected chi connectivity index (χ4v) is 2.54. The second kappa shape index (κ2) is 4.92. The number of imidazole rings is 1. The van der Waals surface area contributed by atoms with Crippen LogP contribution in [-0.2, 0) is 18.9 Å². The van der Waals surface area contributed by atoms with Gasteiger partial charge in [-0.1, -0.05) is 11.8 Å². The lowest BCUT2D eigenvalue weighted by molar-refractivity contribution is -0.136. The Morgan fingerprint density at radius 3 is 2.68 bits per heavy atom. The van der Waals surface area contributed by atoms with E-state index < -0.39 is 17.2 Å². The molecule has 0 radical (unpaired) electrons. The van der Waals surface area contributed by atoms with Gasteiger partial charge >= 0.3 is 11.7 Å². The first-order chi connectivity index (χ1) is 8.91. The monoisotopic (exact) mass is 284 g/mol. The summed E-state index contributed by atoms with van der Waals surface area (Å²) in [5.41, 5.74) is -0.454. The van der Waals surface area contributed by atoms with Crippen molar-refractivity contribution in [2.75, 3.05) is 5.75 Å². The zero-order valence-corrected chi connectivity index (χ0v) is 11.2. The fourth-order valence-electron chi connectivity index (χ4n) is 1.65. The van der Waals surface area contributed by atoms with Gasteiger partial charge in [0.2, 0.25) is 0 Å². The Bertz CT molecular complexity index is 757. The summed E-state index contributed by atoms with van der Waals surface area (Å²) in [5.74, 6) is -0.547. The Morgan fingerprint density at radius 2 is 2.05 bits per heavy atom. The van der Waals surface area contributed by atoms with Crippen LogP contribution in [0.2, 0.25) is 0 Å². The van der Waals surface area contributed by atoms with Crippen molar-refractivity contribution in [3.8, 4) is 0 Å². The maximum absolute atomic E-state index is 11.7. The number of fused-ring (bicyclic) bond motifs is 1. The summed E-state index contributed by atoms with van der Waals surface area (Å²) in [6.45, 7) is 0. The molecule has 0 aromatic carbocycles. The summed E-state index contributed by atoms with van der Waals surface area (Å²) >= 11 is 1.23. The molecule has 0 saturated carbocycles. The van der Waals surface area contributed by atoms with E-state index in [2.05, 4.69) is 9.97 Å². The molecule has 2 aromatic rings. The van der Waals surface area contributed by atoms with E-state index in [1.54, 1.807) is 11.6 Å². The first-order valence-corrected chi connectivity index (χ1v) is 6.40. The number of rotatable bonds is 4. The predicted molar refractivity (Wildman–Crippen MR) is 69.6 cm³/mol. The van der Waals surface area contributed by atoms with Gasteiger partial charge in [-0.15, -0.1) is 0 Å². The van der Waals surface area contributed by atoms with Crippen LogP contribution < -0.4 is 11.2 Å². The molecule has 0 bridgehead atoms. The maximum Gasteiger partial charge on any atom is 0.329 e. The minimum atomic E-state index is -0.892. The van der Waals surface area contributed by atoms with Crippen LogP contribution in [0.4, 0.5) is 0 Å². The molecule has 0 aliphatic heterocycles. The maximum atomic E-state index is 11.7. The smallest absolute Gasteiger partial charge is 0.329 e. The van der Waals surface area contributed by atoms with Gasteiger partial charge in [0.05, 0.1) is 6.42 Å². The number of aromatic amines is 1. The molecule has 0 amide bonds. The van der Waals surface area contributed by atoms with Gasteiger partial charge < -0.3 is 9.67 Å². The number of thioether (sulfide) groups is 1. The van der Waals surface area contributed by atoms with Crippen LogP contribution in [0.3, 0.4) is 0 Å². The third-order valence-corrected chi connectivity index (χ3v) is 3.67. The van der Waals surface area contributed by atoms with Crippen molar-refractivity contribution in [1.82, 2.24) is 19.1 Å². The number of aromatic nitrogens is 4. The molecule has 2 heterocycles. The molecule has 2 rings (SSSR count). The molecule has 2 aromatic heterocycles. The highest BCUT2D eigenvalue weighted by molar-refractivity contribution is 7.99. The molecule has 0 saturated heterocycles. The minimum Gasteiger partial charge on any atom is -0.481 e. The van der Waals surface area contributed by atoms with E-state index in [1.807, 2.05) is 0 Å². The highest BCUT2D eigenvalue weighted by atomic mass is 32.2. The van der Waals surface area contributed by atoms with Crippen molar-refractivity contribution in [2.45, 2.75) is 11.6 Å². The van der Waals surface area contributed by atoms with E-state index in [1.165, 1.54) is 23.4 Å². The number of carboxylic acid groups (broad SMARTS) is 1. The number of aryl methyl sites for hydroxylation is 2. The van der Waals surface area contributed by atoms with E-state index in [9.17, 15) is 14.4 Å². The molecular weight excluding hydrogens is 272 g/mol. The lowest BCUT2D eigenvalue weighted by atomic mass is 10.5. The number of aliphatic carboxylic acids is 1. The van der Waals surface area contributed by atoms with Gasteiger partial charge in [-0.05, 0) is 0 Å². The average molecular weight is 284 g/mol. The first-order valence-electron chi connectivity index (χ1n) is 5.42. The Kier molecular flexibility index (Phi) is 3.47. The molecule has 9 heteroatoms. The average Bonchev–Trinajstić information content (AvgIpc) is 2.64. The number of hydrogen-bond acceptors (Lipinski definition) is 5. The summed E-state index contributed by atoms with van der Waals surface area (Å²) in [4.78, 5) is 40.0. The van der Waals surface area contributed by atoms with Crippen LogP contribution in [0, 0.1) is 0 Å². The predicted octanol–water partition coefficient (Wildman–Crippen LogP) is -0.473. The lowest BCUT2D eigenvalue weighted by Gasteiger charge is -1.99. The summed E-state index contributed by atoms with van der Waals surface area (Å²) in [6.07, 6.45) is 0.00313. The van der Waals surface area contributed by atoms with E-state index in [0.29, 0.717) is 16.4 Å². The van der Waals surface area contributed by atoms with Crippen LogP contribution in [0.1, 0.15) is 6.42 Å². The Hall–Kier alpha value is -2.03. The zero-order valence-electron chi connectivity index (χ0n) is 10.3. The van der Waals surface area contributed by atoms with Crippen molar-refractivity contribution in [2.24, 2.45) is 14.1 Å². The van der Waals surface area contributed by atoms with E-state index >= 15 is 0 Å².